The smallest absolute Gasteiger partial charge is 0.872 e. The molecule has 2 aliphatic rings. The Balaban J connectivity index is 0.000000295. The molecule has 2 aliphatic carbocycles. The molecule has 0 bridgehead atoms. The summed E-state index contributed by atoms with van der Waals surface area (Å²) in [5, 5.41) is 31.1. The van der Waals surface area contributed by atoms with Crippen LogP contribution < -0.4 is 21.3 Å². The van der Waals surface area contributed by atoms with Crippen molar-refractivity contribution in [3.63, 3.8) is 0 Å². The van der Waals surface area contributed by atoms with Gasteiger partial charge in [0.25, 0.3) is 5.91 Å². The Morgan fingerprint density at radius 2 is 1.25 bits per heavy atom. The number of nitrogens with two attached hydrogens (primary N) is 1. The second-order valence-corrected chi connectivity index (χ2v) is 7.58. The average Bonchev–Trinajstić information content (AvgIpc) is 3.73. The fourth-order valence-corrected chi connectivity index (χ4v) is 2.77. The molecule has 0 spiro atoms. The van der Waals surface area contributed by atoms with Gasteiger partial charge in [0.15, 0.2) is 0 Å². The number of carbonyl (C=O) groups is 1. The zero-order valence-electron chi connectivity index (χ0n) is 21.9. The number of amides is 1. The largest absolute Gasteiger partial charge is 4.00 e. The number of hydrogen-bond acceptors (Lipinski definition) is 6. The van der Waals surface area contributed by atoms with Gasteiger partial charge in [-0.15, -0.1) is 5.10 Å². The fraction of sp³-hybridized carbons (Fsp3) is 0.0323. The van der Waals surface area contributed by atoms with E-state index in [1.54, 1.807) is 49.5 Å². The van der Waals surface area contributed by atoms with Crippen LogP contribution >= 0.6 is 0 Å². The Labute approximate surface area is 257 Å². The van der Waals surface area contributed by atoms with E-state index in [1.165, 1.54) is 12.1 Å². The number of pyridine rings is 1. The number of nitrogens with zero attached hydrogens (tertiary/aromatic N) is 3. The second-order valence-electron chi connectivity index (χ2n) is 7.58. The van der Waals surface area contributed by atoms with Crippen LogP contribution in [0.4, 0.5) is 5.69 Å². The Hall–Kier alpha value is -3.32. The molecule has 2 saturated carbocycles. The average molecular weight is 611 g/mol. The van der Waals surface area contributed by atoms with E-state index in [9.17, 15) is 15.0 Å². The van der Waals surface area contributed by atoms with Crippen LogP contribution in [0.3, 0.4) is 0 Å². The zero-order valence-corrected chi connectivity index (χ0v) is 24.4. The predicted molar refractivity (Wildman–Crippen MR) is 151 cm³/mol. The summed E-state index contributed by atoms with van der Waals surface area (Å²) in [7, 11) is 0. The van der Waals surface area contributed by atoms with Gasteiger partial charge in [-0.2, -0.15) is 5.10 Å². The van der Waals surface area contributed by atoms with Crippen molar-refractivity contribution in [2.24, 2.45) is 15.9 Å². The van der Waals surface area contributed by atoms with Crippen LogP contribution in [0.2, 0.25) is 0 Å². The molecule has 2 fully saturated rings. The summed E-state index contributed by atoms with van der Waals surface area (Å²) in [5.41, 5.74) is 6.85. The Morgan fingerprint density at radius 3 is 1.73 bits per heavy atom. The summed E-state index contributed by atoms with van der Waals surface area (Å²) in [6, 6.07) is 19.8. The van der Waals surface area contributed by atoms with E-state index in [0.717, 1.165) is 0 Å². The van der Waals surface area contributed by atoms with Crippen molar-refractivity contribution in [1.82, 2.24) is 4.98 Å². The zero-order chi connectivity index (χ0) is 28.1. The van der Waals surface area contributed by atoms with Crippen molar-refractivity contribution >= 4 is 23.3 Å². The van der Waals surface area contributed by atoms with E-state index >= 15 is 0 Å². The summed E-state index contributed by atoms with van der Waals surface area (Å²) in [4.78, 5) is 15.7. The first kappa shape index (κ1) is 34.7. The Bertz CT molecular complexity index is 1120. The summed E-state index contributed by atoms with van der Waals surface area (Å²) >= 11 is 0. The third-order valence-electron chi connectivity index (χ3n) is 4.61. The molecular weight excluding hydrogens is 582 g/mol. The monoisotopic (exact) mass is 609 g/mol. The number of anilines is 1. The van der Waals surface area contributed by atoms with E-state index in [-0.39, 0.29) is 43.4 Å². The number of hydrogen-bond donors (Lipinski definition) is 2. The maximum Gasteiger partial charge on any atom is 4.00 e. The van der Waals surface area contributed by atoms with Crippen molar-refractivity contribution in [2.45, 2.75) is 6.92 Å². The number of rotatable bonds is 4. The molecular formula is C31H29N5O3Zr+2. The molecule has 1 amide bonds. The molecule has 3 N–H and O–H groups in total. The summed E-state index contributed by atoms with van der Waals surface area (Å²) in [5.74, 6) is -0.646. The molecule has 1 heterocycles. The Kier molecular flexibility index (Phi) is 18.7. The Morgan fingerprint density at radius 1 is 0.750 bits per heavy atom. The molecule has 10 radical (unpaired) electrons. The molecule has 1 aromatic heterocycles. The number of nitrogens with one attached hydrogen (secondary N) is 1. The molecule has 2 aromatic carbocycles. The van der Waals surface area contributed by atoms with Gasteiger partial charge in [0, 0.05) is 17.4 Å². The minimum atomic E-state index is -0.810. The number of carbonyl (C=O) groups excluding carboxylic acids is 1. The van der Waals surface area contributed by atoms with Crippen LogP contribution in [0, 0.1) is 64.2 Å². The van der Waals surface area contributed by atoms with Crippen molar-refractivity contribution in [2.75, 3.05) is 5.32 Å². The van der Waals surface area contributed by atoms with Crippen molar-refractivity contribution in [3.8, 4) is 5.75 Å². The van der Waals surface area contributed by atoms with Gasteiger partial charge < -0.3 is 21.3 Å². The van der Waals surface area contributed by atoms with Gasteiger partial charge >= 0.3 is 26.2 Å². The van der Waals surface area contributed by atoms with Crippen molar-refractivity contribution < 1.29 is 41.2 Å². The molecule has 8 nitrogen and oxygen atoms in total. The number of benzene rings is 2. The van der Waals surface area contributed by atoms with Crippen molar-refractivity contribution in [1.29, 1.82) is 0 Å². The van der Waals surface area contributed by atoms with Crippen molar-refractivity contribution in [3.05, 3.63) is 154 Å². The number of para-hydroxylation sites is 2. The maximum atomic E-state index is 11.7. The van der Waals surface area contributed by atoms with E-state index < -0.39 is 6.02 Å². The van der Waals surface area contributed by atoms with Gasteiger partial charge in [-0.1, -0.05) is 54.3 Å². The minimum Gasteiger partial charge on any atom is -0.872 e. The minimum absolute atomic E-state index is 0. The number of amidine groups is 1. The number of aromatic nitrogens is 1. The quantitative estimate of drug-likeness (QED) is 0.264. The van der Waals surface area contributed by atoms with E-state index in [1.807, 2.05) is 88.5 Å². The molecule has 0 atom stereocenters. The van der Waals surface area contributed by atoms with Crippen LogP contribution in [0.5, 0.6) is 5.75 Å². The van der Waals surface area contributed by atoms with E-state index in [0.29, 0.717) is 17.1 Å². The summed E-state index contributed by atoms with van der Waals surface area (Å²) in [6.45, 7) is 1.70. The summed E-state index contributed by atoms with van der Waals surface area (Å²) < 4.78 is 0. The first-order valence-electron chi connectivity index (χ1n) is 11.9. The second kappa shape index (κ2) is 21.5. The molecule has 0 saturated heterocycles. The van der Waals surface area contributed by atoms with Gasteiger partial charge in [0.2, 0.25) is 0 Å². The SMILES string of the molecule is C/C(=N\N=C(\N)[O-])c1ccccn1.O=C(Nc1ccccc1)c1ccccc1[O-].[CH]1[CH][CH][CH][CH]1.[CH]1[CH][CH][CH][CH]1.[Zr+4]. The van der Waals surface area contributed by atoms with Gasteiger partial charge in [0.1, 0.15) is 0 Å². The van der Waals surface area contributed by atoms with E-state index in [4.69, 9.17) is 5.73 Å². The third-order valence-corrected chi connectivity index (χ3v) is 4.61. The van der Waals surface area contributed by atoms with E-state index in [2.05, 4.69) is 20.5 Å². The molecule has 0 unspecified atom stereocenters. The molecule has 5 rings (SSSR count). The normalized spacial score (nSPS) is 14.1. The topological polar surface area (TPSA) is 139 Å². The molecule has 198 valence electrons. The first-order valence-corrected chi connectivity index (χ1v) is 11.9. The van der Waals surface area contributed by atoms with Crippen LogP contribution in [-0.2, 0) is 26.2 Å². The van der Waals surface area contributed by atoms with Gasteiger partial charge in [-0.3, -0.25) is 9.78 Å². The standard InChI is InChI=1S/C13H11NO2.C8H10N4O.2C5H5.Zr/c15-12-9-5-4-8-11(12)13(16)14-10-6-2-1-3-7-10;1-6(11-12-8(9)13)7-4-2-3-5-10-7;2*1-2-4-5-3-1;/h1-9,15H,(H,14,16);2-5H,1H3,(H3,9,12,13);2*1-5H;/q;;;;+4/p-2/b;11-6+;;;. The predicted octanol–water partition coefficient (Wildman–Crippen LogP) is 3.53. The molecule has 9 heteroatoms. The van der Waals surface area contributed by atoms with Gasteiger partial charge in [0.05, 0.1) is 17.4 Å². The summed E-state index contributed by atoms with van der Waals surface area (Å²) in [6.07, 6.45) is 21.6. The molecule has 0 aliphatic heterocycles. The van der Waals surface area contributed by atoms with Crippen LogP contribution in [0.25, 0.3) is 0 Å². The molecule has 40 heavy (non-hydrogen) atoms. The van der Waals surface area contributed by atoms with Crippen LogP contribution in [-0.4, -0.2) is 22.6 Å². The third kappa shape index (κ3) is 15.3. The van der Waals surface area contributed by atoms with Crippen LogP contribution in [0.15, 0.2) is 89.2 Å². The van der Waals surface area contributed by atoms with Crippen LogP contribution in [0.1, 0.15) is 23.0 Å². The fourth-order valence-electron chi connectivity index (χ4n) is 2.77. The van der Waals surface area contributed by atoms with Gasteiger partial charge in [-0.25, -0.2) is 0 Å². The maximum absolute atomic E-state index is 11.7. The first-order chi connectivity index (χ1) is 19.0. The molecule has 3 aromatic rings. The van der Waals surface area contributed by atoms with Gasteiger partial charge in [-0.05, 0) is 95.4 Å².